The molecule has 1 aromatic carbocycles. The molecule has 0 aliphatic carbocycles. The second-order valence-corrected chi connectivity index (χ2v) is 7.76. The first kappa shape index (κ1) is 20.7. The number of carbonyl (C=O) groups excluding carboxylic acids is 2. The van der Waals surface area contributed by atoms with Crippen LogP contribution >= 0.6 is 11.6 Å². The number of aryl methyl sites for hydroxylation is 2. The van der Waals surface area contributed by atoms with E-state index in [4.69, 9.17) is 16.3 Å². The molecule has 146 valence electrons. The fourth-order valence-corrected chi connectivity index (χ4v) is 4.00. The van der Waals surface area contributed by atoms with Gasteiger partial charge in [-0.3, -0.25) is 14.3 Å². The lowest BCUT2D eigenvalue weighted by Crippen LogP contribution is -2.33. The van der Waals surface area contributed by atoms with Crippen LogP contribution in [0.4, 0.5) is 0 Å². The Morgan fingerprint density at radius 3 is 2.48 bits per heavy atom. The van der Waals surface area contributed by atoms with Crippen molar-refractivity contribution >= 4 is 33.4 Å². The lowest BCUT2D eigenvalue weighted by molar-refractivity contribution is -0.118. The second kappa shape index (κ2) is 7.97. The standard InChI is InChI=1S/C16H19ClN4O5S/c1-9-5-11(21(3)19-9)8-14(22)20-27(24,25)13-7-10(17)6-12(15(13)26-4)16(23)18-2/h5-7H,8H2,1-4H3,(H,18,23)(H,20,22). The van der Waals surface area contributed by atoms with Crippen molar-refractivity contribution in [2.75, 3.05) is 14.2 Å². The van der Waals surface area contributed by atoms with Crippen LogP contribution in [-0.4, -0.2) is 44.2 Å². The van der Waals surface area contributed by atoms with E-state index in [2.05, 4.69) is 10.4 Å². The first-order valence-corrected chi connectivity index (χ1v) is 9.60. The Hall–Kier alpha value is -2.59. The van der Waals surface area contributed by atoms with Crippen molar-refractivity contribution in [2.24, 2.45) is 7.05 Å². The van der Waals surface area contributed by atoms with Crippen LogP contribution in [0.2, 0.25) is 5.02 Å². The average Bonchev–Trinajstić information content (AvgIpc) is 2.89. The molecule has 2 amide bonds. The molecular formula is C16H19ClN4O5S. The summed E-state index contributed by atoms with van der Waals surface area (Å²) < 4.78 is 33.9. The van der Waals surface area contributed by atoms with Gasteiger partial charge in [0.05, 0.1) is 24.8 Å². The fraction of sp³-hybridized carbons (Fsp3) is 0.312. The monoisotopic (exact) mass is 414 g/mol. The van der Waals surface area contributed by atoms with Gasteiger partial charge in [-0.1, -0.05) is 11.6 Å². The van der Waals surface area contributed by atoms with Crippen LogP contribution in [0, 0.1) is 6.92 Å². The molecule has 0 saturated carbocycles. The van der Waals surface area contributed by atoms with E-state index in [-0.39, 0.29) is 22.8 Å². The molecule has 1 heterocycles. The highest BCUT2D eigenvalue weighted by atomic mass is 35.5. The molecule has 0 saturated heterocycles. The van der Waals surface area contributed by atoms with Gasteiger partial charge >= 0.3 is 0 Å². The molecule has 0 aliphatic heterocycles. The third kappa shape index (κ3) is 4.58. The van der Waals surface area contributed by atoms with Gasteiger partial charge in [0.15, 0.2) is 5.75 Å². The molecule has 2 N–H and O–H groups in total. The molecule has 0 aliphatic rings. The molecule has 0 fully saturated rings. The van der Waals surface area contributed by atoms with E-state index >= 15 is 0 Å². The number of hydrogen-bond acceptors (Lipinski definition) is 6. The van der Waals surface area contributed by atoms with E-state index in [1.165, 1.54) is 24.9 Å². The minimum absolute atomic E-state index is 0.00415. The maximum atomic E-state index is 12.7. The molecular weight excluding hydrogens is 396 g/mol. The maximum absolute atomic E-state index is 12.7. The van der Waals surface area contributed by atoms with Gasteiger partial charge in [-0.05, 0) is 25.1 Å². The van der Waals surface area contributed by atoms with Crippen LogP contribution in [0.1, 0.15) is 21.7 Å². The summed E-state index contributed by atoms with van der Waals surface area (Å²) in [6, 6.07) is 4.06. The van der Waals surface area contributed by atoms with Crippen LogP contribution in [0.3, 0.4) is 0 Å². The predicted molar refractivity (Wildman–Crippen MR) is 98.4 cm³/mol. The Morgan fingerprint density at radius 2 is 1.96 bits per heavy atom. The zero-order valence-corrected chi connectivity index (χ0v) is 16.7. The summed E-state index contributed by atoms with van der Waals surface area (Å²) in [5, 5.41) is 6.48. The van der Waals surface area contributed by atoms with Crippen LogP contribution in [0.25, 0.3) is 0 Å². The van der Waals surface area contributed by atoms with Crippen molar-refractivity contribution in [3.63, 3.8) is 0 Å². The molecule has 9 nitrogen and oxygen atoms in total. The summed E-state index contributed by atoms with van der Waals surface area (Å²) in [7, 11) is -0.0806. The number of nitrogens with one attached hydrogen (secondary N) is 2. The van der Waals surface area contributed by atoms with E-state index < -0.39 is 26.7 Å². The summed E-state index contributed by atoms with van der Waals surface area (Å²) in [6.45, 7) is 1.76. The van der Waals surface area contributed by atoms with E-state index in [0.717, 1.165) is 6.07 Å². The summed E-state index contributed by atoms with van der Waals surface area (Å²) in [4.78, 5) is 23.8. The first-order chi connectivity index (χ1) is 12.6. The van der Waals surface area contributed by atoms with Crippen molar-refractivity contribution < 1.29 is 22.7 Å². The summed E-state index contributed by atoms with van der Waals surface area (Å²) in [6.07, 6.45) is -0.193. The second-order valence-electron chi connectivity index (χ2n) is 5.67. The van der Waals surface area contributed by atoms with Gasteiger partial charge < -0.3 is 10.1 Å². The van der Waals surface area contributed by atoms with Crippen LogP contribution in [0.15, 0.2) is 23.1 Å². The highest BCUT2D eigenvalue weighted by Crippen LogP contribution is 2.31. The SMILES string of the molecule is CNC(=O)c1cc(Cl)cc(S(=O)(=O)NC(=O)Cc2cc(C)nn2C)c1OC. The van der Waals surface area contributed by atoms with Crippen molar-refractivity contribution in [1.29, 1.82) is 0 Å². The molecule has 0 atom stereocenters. The van der Waals surface area contributed by atoms with Crippen molar-refractivity contribution in [2.45, 2.75) is 18.2 Å². The Balaban J connectivity index is 2.38. The van der Waals surface area contributed by atoms with Gasteiger partial charge in [-0.15, -0.1) is 0 Å². The molecule has 27 heavy (non-hydrogen) atoms. The highest BCUT2D eigenvalue weighted by Gasteiger charge is 2.27. The molecule has 2 rings (SSSR count). The topological polar surface area (TPSA) is 119 Å². The quantitative estimate of drug-likeness (QED) is 0.721. The lowest BCUT2D eigenvalue weighted by Gasteiger charge is -2.14. The zero-order valence-electron chi connectivity index (χ0n) is 15.2. The number of rotatable bonds is 6. The number of hydrogen-bond donors (Lipinski definition) is 2. The molecule has 0 radical (unpaired) electrons. The van der Waals surface area contributed by atoms with Gasteiger partial charge in [0.1, 0.15) is 4.90 Å². The van der Waals surface area contributed by atoms with Gasteiger partial charge in [0.2, 0.25) is 5.91 Å². The smallest absolute Gasteiger partial charge is 0.267 e. The number of amides is 2. The number of benzene rings is 1. The van der Waals surface area contributed by atoms with Gasteiger partial charge in [0.25, 0.3) is 15.9 Å². The van der Waals surface area contributed by atoms with E-state index in [1.807, 2.05) is 4.72 Å². The lowest BCUT2D eigenvalue weighted by atomic mass is 10.2. The van der Waals surface area contributed by atoms with Crippen molar-refractivity contribution in [3.05, 3.63) is 40.2 Å². The Morgan fingerprint density at radius 1 is 1.30 bits per heavy atom. The number of nitrogens with zero attached hydrogens (tertiary/aromatic N) is 2. The molecule has 11 heteroatoms. The number of sulfonamides is 1. The third-order valence-electron chi connectivity index (χ3n) is 3.67. The minimum Gasteiger partial charge on any atom is -0.494 e. The van der Waals surface area contributed by atoms with Crippen molar-refractivity contribution in [1.82, 2.24) is 19.8 Å². The minimum atomic E-state index is -4.33. The number of carbonyl (C=O) groups is 2. The van der Waals surface area contributed by atoms with Crippen molar-refractivity contribution in [3.8, 4) is 5.75 Å². The normalized spacial score (nSPS) is 11.1. The van der Waals surface area contributed by atoms with E-state index in [1.54, 1.807) is 20.0 Å². The Kier molecular flexibility index (Phi) is 6.11. The first-order valence-electron chi connectivity index (χ1n) is 7.73. The Bertz CT molecular complexity index is 1000. The van der Waals surface area contributed by atoms with Gasteiger partial charge in [-0.25, -0.2) is 13.1 Å². The van der Waals surface area contributed by atoms with E-state index in [0.29, 0.717) is 11.4 Å². The van der Waals surface area contributed by atoms with Crippen LogP contribution in [0.5, 0.6) is 5.75 Å². The number of ether oxygens (including phenoxy) is 1. The number of methoxy groups -OCH3 is 1. The molecule has 0 unspecified atom stereocenters. The molecule has 2 aromatic rings. The Labute approximate surface area is 161 Å². The highest BCUT2D eigenvalue weighted by molar-refractivity contribution is 7.90. The fourth-order valence-electron chi connectivity index (χ4n) is 2.52. The molecule has 0 spiro atoms. The molecule has 1 aromatic heterocycles. The predicted octanol–water partition coefficient (Wildman–Crippen LogP) is 0.798. The average molecular weight is 415 g/mol. The largest absolute Gasteiger partial charge is 0.494 e. The maximum Gasteiger partial charge on any atom is 0.267 e. The molecule has 0 bridgehead atoms. The summed E-state index contributed by atoms with van der Waals surface area (Å²) >= 11 is 5.95. The summed E-state index contributed by atoms with van der Waals surface area (Å²) in [5.74, 6) is -1.56. The van der Waals surface area contributed by atoms with Crippen LogP contribution < -0.4 is 14.8 Å². The number of aromatic nitrogens is 2. The van der Waals surface area contributed by atoms with Crippen LogP contribution in [-0.2, 0) is 28.3 Å². The number of halogens is 1. The van der Waals surface area contributed by atoms with E-state index in [9.17, 15) is 18.0 Å². The summed E-state index contributed by atoms with van der Waals surface area (Å²) in [5.41, 5.74) is 1.18. The zero-order chi connectivity index (χ0) is 20.4. The van der Waals surface area contributed by atoms with Gasteiger partial charge in [0, 0.05) is 24.8 Å². The van der Waals surface area contributed by atoms with Gasteiger partial charge in [-0.2, -0.15) is 5.10 Å². The third-order valence-corrected chi connectivity index (χ3v) is 5.27.